The Morgan fingerprint density at radius 2 is 2.00 bits per heavy atom. The second-order valence-corrected chi connectivity index (χ2v) is 5.91. The zero-order chi connectivity index (χ0) is 14.6. The number of ether oxygens (including phenoxy) is 1. The van der Waals surface area contributed by atoms with Crippen LogP contribution in [0.15, 0.2) is 18.2 Å². The minimum Gasteiger partial charge on any atom is -0.496 e. The van der Waals surface area contributed by atoms with Gasteiger partial charge in [-0.15, -0.1) is 0 Å². The van der Waals surface area contributed by atoms with Crippen molar-refractivity contribution in [2.45, 2.75) is 46.0 Å². The van der Waals surface area contributed by atoms with Gasteiger partial charge in [0.25, 0.3) is 0 Å². The van der Waals surface area contributed by atoms with Crippen molar-refractivity contribution >= 4 is 5.91 Å². The van der Waals surface area contributed by atoms with Gasteiger partial charge in [0.1, 0.15) is 5.75 Å². The Labute approximate surface area is 116 Å². The number of carbonyl (C=O) groups is 1. The summed E-state index contributed by atoms with van der Waals surface area (Å²) in [5.41, 5.74) is 2.25. The second-order valence-electron chi connectivity index (χ2n) is 5.91. The van der Waals surface area contributed by atoms with E-state index in [2.05, 4.69) is 45.1 Å². The molecule has 1 amide bonds. The minimum atomic E-state index is -0.165. The molecule has 1 N–H and O–H groups in total. The summed E-state index contributed by atoms with van der Waals surface area (Å²) in [7, 11) is 1.68. The highest BCUT2D eigenvalue weighted by Gasteiger charge is 2.25. The summed E-state index contributed by atoms with van der Waals surface area (Å²) in [6.45, 7) is 10.7. The molecule has 3 heteroatoms. The quantitative estimate of drug-likeness (QED) is 0.885. The fourth-order valence-electron chi connectivity index (χ4n) is 2.05. The fraction of sp³-hybridized carbons (Fsp3) is 0.562. The molecule has 3 nitrogen and oxygen atoms in total. The average Bonchev–Trinajstić information content (AvgIpc) is 2.35. The zero-order valence-electron chi connectivity index (χ0n) is 12.8. The van der Waals surface area contributed by atoms with Gasteiger partial charge in [-0.25, -0.2) is 0 Å². The van der Waals surface area contributed by atoms with Gasteiger partial charge >= 0.3 is 0 Å². The lowest BCUT2D eigenvalue weighted by atomic mass is 9.82. The molecule has 1 aromatic carbocycles. The molecular weight excluding hydrogens is 238 g/mol. The molecule has 0 spiro atoms. The first-order valence-electron chi connectivity index (χ1n) is 6.71. The molecule has 106 valence electrons. The summed E-state index contributed by atoms with van der Waals surface area (Å²) in [6.07, 6.45) is 0. The van der Waals surface area contributed by atoms with E-state index in [1.54, 1.807) is 7.11 Å². The monoisotopic (exact) mass is 263 g/mol. The van der Waals surface area contributed by atoms with E-state index in [0.717, 1.165) is 11.3 Å². The van der Waals surface area contributed by atoms with Gasteiger partial charge in [0, 0.05) is 24.4 Å². The van der Waals surface area contributed by atoms with Crippen LogP contribution in [0.5, 0.6) is 5.75 Å². The average molecular weight is 263 g/mol. The van der Waals surface area contributed by atoms with Crippen molar-refractivity contribution in [2.75, 3.05) is 13.7 Å². The summed E-state index contributed by atoms with van der Waals surface area (Å²) < 4.78 is 5.46. The third-order valence-electron chi connectivity index (χ3n) is 3.40. The Morgan fingerprint density at radius 1 is 1.37 bits per heavy atom. The minimum absolute atomic E-state index is 0.00736. The first kappa shape index (κ1) is 15.5. The fourth-order valence-corrected chi connectivity index (χ4v) is 2.05. The van der Waals surface area contributed by atoms with Crippen LogP contribution in [-0.2, 0) is 10.2 Å². The van der Waals surface area contributed by atoms with Crippen LogP contribution in [-0.4, -0.2) is 19.6 Å². The summed E-state index contributed by atoms with van der Waals surface area (Å²) in [6, 6.07) is 6.30. The maximum absolute atomic E-state index is 11.1. The Kier molecular flexibility index (Phi) is 4.98. The Morgan fingerprint density at radius 3 is 2.47 bits per heavy atom. The van der Waals surface area contributed by atoms with E-state index in [1.165, 1.54) is 12.5 Å². The van der Waals surface area contributed by atoms with Gasteiger partial charge < -0.3 is 10.1 Å². The number of nitrogens with one attached hydrogen (secondary N) is 1. The molecule has 0 aromatic heterocycles. The molecule has 0 atom stereocenters. The van der Waals surface area contributed by atoms with E-state index < -0.39 is 0 Å². The molecule has 0 saturated carbocycles. The first-order valence-corrected chi connectivity index (χ1v) is 6.71. The van der Waals surface area contributed by atoms with E-state index in [1.807, 2.05) is 6.07 Å². The third kappa shape index (κ3) is 3.98. The van der Waals surface area contributed by atoms with Crippen LogP contribution in [0.1, 0.15) is 51.7 Å². The highest BCUT2D eigenvalue weighted by atomic mass is 16.5. The summed E-state index contributed by atoms with van der Waals surface area (Å²) in [5.74, 6) is 1.34. The topological polar surface area (TPSA) is 38.3 Å². The van der Waals surface area contributed by atoms with E-state index >= 15 is 0 Å². The number of benzene rings is 1. The highest BCUT2D eigenvalue weighted by Crippen LogP contribution is 2.33. The maximum Gasteiger partial charge on any atom is 0.216 e. The van der Waals surface area contributed by atoms with Crippen LogP contribution in [0.2, 0.25) is 0 Å². The van der Waals surface area contributed by atoms with Crippen molar-refractivity contribution in [3.8, 4) is 5.75 Å². The predicted octanol–water partition coefficient (Wildman–Crippen LogP) is 3.23. The number of methoxy groups -OCH3 is 1. The molecule has 0 radical (unpaired) electrons. The van der Waals surface area contributed by atoms with Gasteiger partial charge in [-0.2, -0.15) is 0 Å². The number of hydrogen-bond acceptors (Lipinski definition) is 2. The lowest BCUT2D eigenvalue weighted by Gasteiger charge is -2.28. The van der Waals surface area contributed by atoms with Crippen molar-refractivity contribution in [2.24, 2.45) is 0 Å². The lowest BCUT2D eigenvalue weighted by molar-refractivity contribution is -0.119. The highest BCUT2D eigenvalue weighted by molar-refractivity contribution is 5.73. The number of carbonyl (C=O) groups excluding carboxylic acids is 1. The smallest absolute Gasteiger partial charge is 0.216 e. The van der Waals surface area contributed by atoms with Crippen molar-refractivity contribution in [3.05, 3.63) is 29.3 Å². The predicted molar refractivity (Wildman–Crippen MR) is 78.8 cm³/mol. The number of rotatable bonds is 5. The molecule has 1 aromatic rings. The van der Waals surface area contributed by atoms with Crippen LogP contribution in [0, 0.1) is 0 Å². The number of hydrogen-bond donors (Lipinski definition) is 1. The number of amides is 1. The van der Waals surface area contributed by atoms with Crippen molar-refractivity contribution in [1.82, 2.24) is 5.32 Å². The Bertz CT molecular complexity index is 450. The van der Waals surface area contributed by atoms with E-state index in [-0.39, 0.29) is 11.3 Å². The van der Waals surface area contributed by atoms with Crippen LogP contribution < -0.4 is 10.1 Å². The molecule has 0 aliphatic carbocycles. The van der Waals surface area contributed by atoms with Crippen LogP contribution in [0.25, 0.3) is 0 Å². The molecule has 0 heterocycles. The molecule has 0 aliphatic rings. The Balaban J connectivity index is 3.13. The van der Waals surface area contributed by atoms with Gasteiger partial charge in [-0.1, -0.05) is 39.8 Å². The van der Waals surface area contributed by atoms with Gasteiger partial charge in [-0.3, -0.25) is 4.79 Å². The molecule has 0 saturated heterocycles. The molecule has 0 fully saturated rings. The van der Waals surface area contributed by atoms with Gasteiger partial charge in [0.15, 0.2) is 0 Å². The zero-order valence-corrected chi connectivity index (χ0v) is 12.8. The first-order chi connectivity index (χ1) is 8.77. The van der Waals surface area contributed by atoms with E-state index in [0.29, 0.717) is 12.5 Å². The molecule has 19 heavy (non-hydrogen) atoms. The van der Waals surface area contributed by atoms with Gasteiger partial charge in [0.05, 0.1) is 7.11 Å². The summed E-state index contributed by atoms with van der Waals surface area (Å²) >= 11 is 0. The van der Waals surface area contributed by atoms with Crippen molar-refractivity contribution in [1.29, 1.82) is 0 Å². The molecule has 0 unspecified atom stereocenters. The largest absolute Gasteiger partial charge is 0.496 e. The standard InChI is InChI=1S/C16H25NO2/c1-11(2)13-7-8-15(19-6)14(9-13)16(4,5)10-17-12(3)18/h7-9,11H,10H2,1-6H3,(H,17,18). The van der Waals surface area contributed by atoms with Crippen molar-refractivity contribution < 1.29 is 9.53 Å². The molecular formula is C16H25NO2. The maximum atomic E-state index is 11.1. The van der Waals surface area contributed by atoms with Crippen LogP contribution in [0.4, 0.5) is 0 Å². The normalized spacial score (nSPS) is 11.5. The van der Waals surface area contributed by atoms with Crippen molar-refractivity contribution in [3.63, 3.8) is 0 Å². The van der Waals surface area contributed by atoms with E-state index in [4.69, 9.17) is 4.74 Å². The molecule has 0 aliphatic heterocycles. The Hall–Kier alpha value is -1.51. The van der Waals surface area contributed by atoms with Crippen LogP contribution in [0.3, 0.4) is 0 Å². The third-order valence-corrected chi connectivity index (χ3v) is 3.40. The molecule has 1 rings (SSSR count). The van der Waals surface area contributed by atoms with Crippen LogP contribution >= 0.6 is 0 Å². The van der Waals surface area contributed by atoms with E-state index in [9.17, 15) is 4.79 Å². The van der Waals surface area contributed by atoms with Gasteiger partial charge in [-0.05, 0) is 17.5 Å². The summed E-state index contributed by atoms with van der Waals surface area (Å²) in [4.78, 5) is 11.1. The van der Waals surface area contributed by atoms with Gasteiger partial charge in [0.2, 0.25) is 5.91 Å². The SMILES string of the molecule is COc1ccc(C(C)C)cc1C(C)(C)CNC(C)=O. The molecule has 0 bridgehead atoms. The summed E-state index contributed by atoms with van der Waals surface area (Å²) in [5, 5.41) is 2.89. The second kappa shape index (κ2) is 6.09. The lowest BCUT2D eigenvalue weighted by Crippen LogP contribution is -2.35.